The average Bonchev–Trinajstić information content (AvgIpc) is 2.45. The Hall–Kier alpha value is -1.56. The molecule has 0 saturated carbocycles. The molecule has 0 atom stereocenters. The van der Waals surface area contributed by atoms with E-state index in [4.69, 9.17) is 10.2 Å². The number of aryl methyl sites for hydroxylation is 2. The molecule has 0 fully saturated rings. The van der Waals surface area contributed by atoms with Gasteiger partial charge in [0.25, 0.3) is 5.22 Å². The van der Waals surface area contributed by atoms with Gasteiger partial charge in [0, 0.05) is 18.0 Å². The summed E-state index contributed by atoms with van der Waals surface area (Å²) in [7, 11) is 0. The summed E-state index contributed by atoms with van der Waals surface area (Å²) >= 11 is 1.26. The van der Waals surface area contributed by atoms with Crippen molar-refractivity contribution in [3.8, 4) is 0 Å². The van der Waals surface area contributed by atoms with Crippen molar-refractivity contribution >= 4 is 17.6 Å². The summed E-state index contributed by atoms with van der Waals surface area (Å²) in [4.78, 5) is 12.3. The van der Waals surface area contributed by atoms with Gasteiger partial charge in [-0.2, -0.15) is 0 Å². The van der Waals surface area contributed by atoms with Crippen LogP contribution in [0.2, 0.25) is 0 Å². The number of anilines is 1. The first-order valence-electron chi connectivity index (χ1n) is 4.35. The zero-order valence-electron chi connectivity index (χ0n) is 8.39. The Labute approximate surface area is 91.1 Å². The Morgan fingerprint density at radius 2 is 2.13 bits per heavy atom. The number of hydrogen-bond donors (Lipinski definition) is 1. The number of aromatic nitrogens is 3. The second kappa shape index (κ2) is 3.90. The van der Waals surface area contributed by atoms with Gasteiger partial charge in [-0.05, 0) is 19.9 Å². The van der Waals surface area contributed by atoms with Crippen molar-refractivity contribution in [2.45, 2.75) is 24.2 Å². The first-order valence-corrected chi connectivity index (χ1v) is 5.17. The summed E-state index contributed by atoms with van der Waals surface area (Å²) in [6.45, 7) is 3.76. The van der Waals surface area contributed by atoms with E-state index < -0.39 is 0 Å². The fourth-order valence-electron chi connectivity index (χ4n) is 0.968. The molecule has 78 valence electrons. The van der Waals surface area contributed by atoms with Crippen molar-refractivity contribution in [3.63, 3.8) is 0 Å². The molecule has 6 heteroatoms. The SMILES string of the molecule is Cc1nc(Sc2nccc(N)n2)oc1C. The highest BCUT2D eigenvalue weighted by atomic mass is 32.2. The van der Waals surface area contributed by atoms with E-state index in [0.717, 1.165) is 11.5 Å². The highest BCUT2D eigenvalue weighted by molar-refractivity contribution is 7.98. The molecule has 5 nitrogen and oxygen atoms in total. The first-order chi connectivity index (χ1) is 7.15. The third kappa shape index (κ3) is 2.27. The summed E-state index contributed by atoms with van der Waals surface area (Å²) in [5, 5.41) is 1.08. The molecule has 2 aromatic rings. The maximum absolute atomic E-state index is 5.53. The molecule has 2 heterocycles. The summed E-state index contributed by atoms with van der Waals surface area (Å²) in [5.74, 6) is 1.24. The summed E-state index contributed by atoms with van der Waals surface area (Å²) in [5.41, 5.74) is 6.41. The molecule has 0 unspecified atom stereocenters. The van der Waals surface area contributed by atoms with Crippen molar-refractivity contribution in [2.75, 3.05) is 5.73 Å². The predicted molar refractivity (Wildman–Crippen MR) is 56.5 cm³/mol. The van der Waals surface area contributed by atoms with Crippen molar-refractivity contribution in [2.24, 2.45) is 0 Å². The van der Waals surface area contributed by atoms with Crippen molar-refractivity contribution in [1.82, 2.24) is 15.0 Å². The average molecular weight is 222 g/mol. The summed E-state index contributed by atoms with van der Waals surface area (Å²) in [6, 6.07) is 1.64. The third-order valence-corrected chi connectivity index (χ3v) is 2.57. The minimum absolute atomic E-state index is 0.438. The fourth-order valence-corrected chi connectivity index (χ4v) is 1.74. The number of hydrogen-bond acceptors (Lipinski definition) is 6. The topological polar surface area (TPSA) is 77.8 Å². The molecule has 2 aromatic heterocycles. The molecule has 2 N–H and O–H groups in total. The third-order valence-electron chi connectivity index (χ3n) is 1.84. The van der Waals surface area contributed by atoms with Gasteiger partial charge in [0.2, 0.25) is 0 Å². The number of nitrogens with zero attached hydrogens (tertiary/aromatic N) is 3. The van der Waals surface area contributed by atoms with Crippen LogP contribution >= 0.6 is 11.8 Å². The first kappa shape index (κ1) is 9.97. The molecule has 0 aliphatic rings. The highest BCUT2D eigenvalue weighted by Crippen LogP contribution is 2.25. The second-order valence-corrected chi connectivity index (χ2v) is 3.91. The van der Waals surface area contributed by atoms with Gasteiger partial charge < -0.3 is 10.2 Å². The molecule has 0 spiro atoms. The lowest BCUT2D eigenvalue weighted by molar-refractivity contribution is 0.430. The van der Waals surface area contributed by atoms with E-state index in [2.05, 4.69) is 15.0 Å². The molecule has 15 heavy (non-hydrogen) atoms. The lowest BCUT2D eigenvalue weighted by atomic mass is 10.4. The lowest BCUT2D eigenvalue weighted by Gasteiger charge is -1.95. The van der Waals surface area contributed by atoms with Crippen molar-refractivity contribution in [1.29, 1.82) is 0 Å². The Balaban J connectivity index is 2.22. The van der Waals surface area contributed by atoms with Crippen LogP contribution < -0.4 is 5.73 Å². The highest BCUT2D eigenvalue weighted by Gasteiger charge is 2.09. The van der Waals surface area contributed by atoms with Gasteiger partial charge in [0.1, 0.15) is 11.6 Å². The quantitative estimate of drug-likeness (QED) is 0.781. The van der Waals surface area contributed by atoms with E-state index >= 15 is 0 Å². The van der Waals surface area contributed by atoms with Gasteiger partial charge >= 0.3 is 0 Å². The van der Waals surface area contributed by atoms with Gasteiger partial charge in [0.15, 0.2) is 5.16 Å². The van der Waals surface area contributed by atoms with E-state index in [1.54, 1.807) is 12.3 Å². The Morgan fingerprint density at radius 1 is 1.33 bits per heavy atom. The number of nitrogens with two attached hydrogens (primary N) is 1. The molecule has 0 saturated heterocycles. The molecule has 0 aliphatic heterocycles. The standard InChI is InChI=1S/C9H10N4OS/c1-5-6(2)14-9(12-5)15-8-11-4-3-7(10)13-8/h3-4H,1-2H3,(H2,10,11,13). The van der Waals surface area contributed by atoms with Crippen molar-refractivity contribution in [3.05, 3.63) is 23.7 Å². The van der Waals surface area contributed by atoms with E-state index in [9.17, 15) is 0 Å². The smallest absolute Gasteiger partial charge is 0.264 e. The van der Waals surface area contributed by atoms with Crippen LogP contribution in [-0.4, -0.2) is 15.0 Å². The number of rotatable bonds is 2. The van der Waals surface area contributed by atoms with Crippen LogP contribution in [0.1, 0.15) is 11.5 Å². The largest absolute Gasteiger partial charge is 0.436 e. The van der Waals surface area contributed by atoms with Crippen LogP contribution in [0.4, 0.5) is 5.82 Å². The van der Waals surface area contributed by atoms with Crippen LogP contribution in [0.3, 0.4) is 0 Å². The fraction of sp³-hybridized carbons (Fsp3) is 0.222. The zero-order chi connectivity index (χ0) is 10.8. The minimum Gasteiger partial charge on any atom is -0.436 e. The molecule has 0 bridgehead atoms. The van der Waals surface area contributed by atoms with Crippen LogP contribution in [0.15, 0.2) is 27.1 Å². The predicted octanol–water partition coefficient (Wildman–Crippen LogP) is 1.81. The summed E-state index contributed by atoms with van der Waals surface area (Å²) in [6.07, 6.45) is 1.60. The maximum atomic E-state index is 5.53. The molecule has 0 aromatic carbocycles. The maximum Gasteiger partial charge on any atom is 0.264 e. The molecule has 2 rings (SSSR count). The number of nitrogen functional groups attached to an aromatic ring is 1. The minimum atomic E-state index is 0.438. The lowest BCUT2D eigenvalue weighted by Crippen LogP contribution is -1.92. The van der Waals surface area contributed by atoms with Crippen LogP contribution in [0.25, 0.3) is 0 Å². The monoisotopic (exact) mass is 222 g/mol. The Morgan fingerprint density at radius 3 is 2.73 bits per heavy atom. The zero-order valence-corrected chi connectivity index (χ0v) is 9.21. The van der Waals surface area contributed by atoms with Gasteiger partial charge in [-0.25, -0.2) is 15.0 Å². The van der Waals surface area contributed by atoms with Gasteiger partial charge in [0.05, 0.1) is 5.69 Å². The molecular weight excluding hydrogens is 212 g/mol. The van der Waals surface area contributed by atoms with Gasteiger partial charge in [-0.15, -0.1) is 0 Å². The van der Waals surface area contributed by atoms with E-state index in [-0.39, 0.29) is 0 Å². The summed E-state index contributed by atoms with van der Waals surface area (Å²) < 4.78 is 5.39. The van der Waals surface area contributed by atoms with E-state index in [0.29, 0.717) is 16.2 Å². The second-order valence-electron chi connectivity index (χ2n) is 2.99. The molecule has 0 amide bonds. The van der Waals surface area contributed by atoms with Gasteiger partial charge in [-0.3, -0.25) is 0 Å². The normalized spacial score (nSPS) is 10.5. The Kier molecular flexibility index (Phi) is 2.59. The van der Waals surface area contributed by atoms with Crippen LogP contribution in [0, 0.1) is 13.8 Å². The molecule has 0 aliphatic carbocycles. The number of oxazole rings is 1. The Bertz CT molecular complexity index is 463. The van der Waals surface area contributed by atoms with E-state index in [1.807, 2.05) is 13.8 Å². The van der Waals surface area contributed by atoms with Crippen LogP contribution in [-0.2, 0) is 0 Å². The molecular formula is C9H10N4OS. The van der Waals surface area contributed by atoms with E-state index in [1.165, 1.54) is 11.8 Å². The van der Waals surface area contributed by atoms with Crippen molar-refractivity contribution < 1.29 is 4.42 Å². The van der Waals surface area contributed by atoms with Crippen LogP contribution in [0.5, 0.6) is 0 Å². The van der Waals surface area contributed by atoms with Gasteiger partial charge in [-0.1, -0.05) is 0 Å². The molecule has 0 radical (unpaired) electrons.